The van der Waals surface area contributed by atoms with Crippen LogP contribution in [0, 0.1) is 11.3 Å². The van der Waals surface area contributed by atoms with Gasteiger partial charge >= 0.3 is 11.9 Å². The van der Waals surface area contributed by atoms with Gasteiger partial charge in [0.2, 0.25) is 0 Å². The molecule has 0 saturated heterocycles. The molecule has 0 amide bonds. The smallest absolute Gasteiger partial charge is 0.339 e. The molecule has 0 atom stereocenters. The van der Waals surface area contributed by atoms with Crippen molar-refractivity contribution in [2.45, 2.75) is 59.4 Å². The third-order valence-corrected chi connectivity index (χ3v) is 4.37. The Morgan fingerprint density at radius 1 is 1.39 bits per heavy atom. The van der Waals surface area contributed by atoms with Crippen molar-refractivity contribution in [3.8, 4) is 0 Å². The summed E-state index contributed by atoms with van der Waals surface area (Å²) in [5.74, 6) is -1.24. The number of aliphatic imine (C=N–C) groups is 1. The second-order valence-electron chi connectivity index (χ2n) is 6.57. The van der Waals surface area contributed by atoms with Crippen LogP contribution < -0.4 is 5.73 Å². The summed E-state index contributed by atoms with van der Waals surface area (Å²) in [6.07, 6.45) is 3.97. The number of carboxylic acid groups (broad SMARTS) is 1. The summed E-state index contributed by atoms with van der Waals surface area (Å²) in [6, 6.07) is 0.0178. The summed E-state index contributed by atoms with van der Waals surface area (Å²) in [5.41, 5.74) is 5.56. The van der Waals surface area contributed by atoms with Gasteiger partial charge < -0.3 is 15.6 Å². The Balaban J connectivity index is 2.86. The maximum Gasteiger partial charge on any atom is 0.339 e. The zero-order valence-corrected chi connectivity index (χ0v) is 14.5. The van der Waals surface area contributed by atoms with Crippen molar-refractivity contribution in [1.29, 1.82) is 0 Å². The van der Waals surface area contributed by atoms with Gasteiger partial charge in [-0.05, 0) is 45.4 Å². The molecule has 1 saturated carbocycles. The van der Waals surface area contributed by atoms with Crippen molar-refractivity contribution in [2.24, 2.45) is 22.1 Å². The average Bonchev–Trinajstić information content (AvgIpc) is 2.48. The Morgan fingerprint density at radius 2 is 1.96 bits per heavy atom. The number of carboxylic acids is 1. The third-order valence-electron chi connectivity index (χ3n) is 4.37. The highest BCUT2D eigenvalue weighted by Crippen LogP contribution is 2.38. The molecule has 0 unspecified atom stereocenters. The van der Waals surface area contributed by atoms with E-state index in [1.165, 1.54) is 0 Å². The number of esters is 1. The molecule has 23 heavy (non-hydrogen) atoms. The van der Waals surface area contributed by atoms with E-state index in [1.807, 2.05) is 20.8 Å². The highest BCUT2D eigenvalue weighted by atomic mass is 16.5. The average molecular weight is 324 g/mol. The van der Waals surface area contributed by atoms with Gasteiger partial charge in [0.25, 0.3) is 0 Å². The fourth-order valence-corrected chi connectivity index (χ4v) is 2.87. The van der Waals surface area contributed by atoms with Crippen molar-refractivity contribution < 1.29 is 19.4 Å². The molecule has 0 bridgehead atoms. The topological polar surface area (TPSA) is 102 Å². The second-order valence-corrected chi connectivity index (χ2v) is 6.57. The maximum atomic E-state index is 12.0. The van der Waals surface area contributed by atoms with Crippen LogP contribution in [0.2, 0.25) is 0 Å². The van der Waals surface area contributed by atoms with E-state index in [4.69, 9.17) is 10.5 Å². The maximum absolute atomic E-state index is 12.0. The molecule has 0 aromatic heterocycles. The fraction of sp³-hybridized carbons (Fsp3) is 0.706. The molecular weight excluding hydrogens is 296 g/mol. The number of nitrogens with two attached hydrogens (primary N) is 1. The summed E-state index contributed by atoms with van der Waals surface area (Å²) in [7, 11) is 0. The quantitative estimate of drug-likeness (QED) is 0.444. The van der Waals surface area contributed by atoms with Crippen LogP contribution in [-0.4, -0.2) is 35.4 Å². The fourth-order valence-electron chi connectivity index (χ4n) is 2.87. The van der Waals surface area contributed by atoms with Crippen LogP contribution in [0.1, 0.15) is 53.4 Å². The monoisotopic (exact) mass is 324 g/mol. The Morgan fingerprint density at radius 3 is 2.35 bits per heavy atom. The van der Waals surface area contributed by atoms with Gasteiger partial charge in [-0.3, -0.25) is 9.79 Å². The first kappa shape index (κ1) is 19.2. The van der Waals surface area contributed by atoms with E-state index < -0.39 is 11.4 Å². The number of carbonyl (C=O) groups excluding carboxylic acids is 1. The standard InChI is InChI=1S/C17H28N2O4/c1-5-23-16(22)17(4)8-6-12(7-9-17)19-14(11(2)3)13(10-18)15(20)21/h10-12H,5-9,18H2,1-4H3,(H,20,21). The van der Waals surface area contributed by atoms with Crippen LogP contribution in [0.25, 0.3) is 0 Å². The van der Waals surface area contributed by atoms with Crippen molar-refractivity contribution in [3.63, 3.8) is 0 Å². The first-order valence-electron chi connectivity index (χ1n) is 8.15. The van der Waals surface area contributed by atoms with Gasteiger partial charge in [-0.1, -0.05) is 13.8 Å². The van der Waals surface area contributed by atoms with Crippen LogP contribution in [0.15, 0.2) is 16.8 Å². The Kier molecular flexibility index (Phi) is 6.79. The molecule has 3 N–H and O–H groups in total. The van der Waals surface area contributed by atoms with E-state index in [0.717, 1.165) is 19.0 Å². The molecule has 0 radical (unpaired) electrons. The molecule has 0 aromatic carbocycles. The van der Waals surface area contributed by atoms with Crippen LogP contribution in [-0.2, 0) is 14.3 Å². The number of nitrogens with zero attached hydrogens (tertiary/aromatic N) is 1. The lowest BCUT2D eigenvalue weighted by Gasteiger charge is -2.34. The molecule has 0 aromatic rings. The van der Waals surface area contributed by atoms with Crippen molar-refractivity contribution in [2.75, 3.05) is 6.61 Å². The van der Waals surface area contributed by atoms with Gasteiger partial charge in [-0.25, -0.2) is 4.79 Å². The molecule has 0 aliphatic heterocycles. The SMILES string of the molecule is CCOC(=O)C1(C)CCC(N=C(C(=CN)C(=O)O)C(C)C)CC1. The minimum absolute atomic E-state index is 0.0178. The van der Waals surface area contributed by atoms with Gasteiger partial charge in [0.05, 0.1) is 29.3 Å². The molecule has 6 nitrogen and oxygen atoms in total. The first-order valence-corrected chi connectivity index (χ1v) is 8.15. The molecule has 1 aliphatic carbocycles. The van der Waals surface area contributed by atoms with Gasteiger partial charge in [0.15, 0.2) is 0 Å². The highest BCUT2D eigenvalue weighted by Gasteiger charge is 2.39. The largest absolute Gasteiger partial charge is 0.478 e. The number of hydrogen-bond acceptors (Lipinski definition) is 5. The summed E-state index contributed by atoms with van der Waals surface area (Å²) in [5, 5.41) is 9.25. The van der Waals surface area contributed by atoms with Gasteiger partial charge in [0, 0.05) is 6.20 Å². The summed E-state index contributed by atoms with van der Waals surface area (Å²) >= 11 is 0. The molecular formula is C17H28N2O4. The lowest BCUT2D eigenvalue weighted by molar-refractivity contribution is -0.156. The van der Waals surface area contributed by atoms with Crippen LogP contribution in [0.5, 0.6) is 0 Å². The molecule has 6 heteroatoms. The normalized spacial score (nSPS) is 26.2. The zero-order chi connectivity index (χ0) is 17.6. The molecule has 1 rings (SSSR count). The van der Waals surface area contributed by atoms with E-state index in [2.05, 4.69) is 4.99 Å². The summed E-state index contributed by atoms with van der Waals surface area (Å²) in [4.78, 5) is 28.0. The summed E-state index contributed by atoms with van der Waals surface area (Å²) in [6.45, 7) is 7.92. The number of carbonyl (C=O) groups is 2. The van der Waals surface area contributed by atoms with Crippen LogP contribution in [0.4, 0.5) is 0 Å². The predicted molar refractivity (Wildman–Crippen MR) is 89.2 cm³/mol. The number of ether oxygens (including phenoxy) is 1. The second kappa shape index (κ2) is 8.13. The van der Waals surface area contributed by atoms with Crippen molar-refractivity contribution in [1.82, 2.24) is 0 Å². The molecule has 0 heterocycles. The van der Waals surface area contributed by atoms with Crippen molar-refractivity contribution >= 4 is 17.7 Å². The van der Waals surface area contributed by atoms with Gasteiger partial charge in [-0.2, -0.15) is 0 Å². The Labute approximate surface area is 137 Å². The number of aliphatic carboxylic acids is 1. The summed E-state index contributed by atoms with van der Waals surface area (Å²) < 4.78 is 5.15. The lowest BCUT2D eigenvalue weighted by atomic mass is 9.74. The van der Waals surface area contributed by atoms with Gasteiger partial charge in [0.1, 0.15) is 0 Å². The molecule has 1 aliphatic rings. The molecule has 0 spiro atoms. The number of hydrogen-bond donors (Lipinski definition) is 2. The minimum Gasteiger partial charge on any atom is -0.478 e. The predicted octanol–water partition coefficient (Wildman–Crippen LogP) is 2.52. The van der Waals surface area contributed by atoms with Crippen LogP contribution >= 0.6 is 0 Å². The zero-order valence-electron chi connectivity index (χ0n) is 14.5. The molecule has 1 fully saturated rings. The van der Waals surface area contributed by atoms with Crippen LogP contribution in [0.3, 0.4) is 0 Å². The first-order chi connectivity index (χ1) is 10.7. The Bertz CT molecular complexity index is 501. The Hall–Kier alpha value is -1.85. The van der Waals surface area contributed by atoms with E-state index in [0.29, 0.717) is 25.2 Å². The third kappa shape index (κ3) is 4.81. The van der Waals surface area contributed by atoms with E-state index >= 15 is 0 Å². The van der Waals surface area contributed by atoms with Crippen molar-refractivity contribution in [3.05, 3.63) is 11.8 Å². The van der Waals surface area contributed by atoms with Gasteiger partial charge in [-0.15, -0.1) is 0 Å². The van der Waals surface area contributed by atoms with E-state index in [9.17, 15) is 14.7 Å². The number of rotatable bonds is 6. The highest BCUT2D eigenvalue weighted by molar-refractivity contribution is 6.19. The molecule has 130 valence electrons. The van der Waals surface area contributed by atoms with E-state index in [1.54, 1.807) is 6.92 Å². The minimum atomic E-state index is -1.06. The lowest BCUT2D eigenvalue weighted by Crippen LogP contribution is -2.36. The van der Waals surface area contributed by atoms with E-state index in [-0.39, 0.29) is 23.5 Å².